The Balaban J connectivity index is 1.32. The van der Waals surface area contributed by atoms with Crippen LogP contribution in [-0.2, 0) is 17.6 Å². The van der Waals surface area contributed by atoms with E-state index >= 15 is 4.39 Å². The zero-order valence-corrected chi connectivity index (χ0v) is 19.8. The Kier molecular flexibility index (Phi) is 6.63. The third-order valence-corrected chi connectivity index (χ3v) is 7.30. The van der Waals surface area contributed by atoms with Gasteiger partial charge >= 0.3 is 6.36 Å². The molecular weight excluding hydrogens is 478 g/mol. The molecule has 2 aromatic heterocycles. The van der Waals surface area contributed by atoms with Crippen molar-refractivity contribution >= 4 is 16.9 Å². The number of alkyl halides is 3. The van der Waals surface area contributed by atoms with Crippen molar-refractivity contribution in [1.29, 1.82) is 0 Å². The van der Waals surface area contributed by atoms with E-state index in [1.54, 1.807) is 12.0 Å². The predicted octanol–water partition coefficient (Wildman–Crippen LogP) is 5.51. The minimum atomic E-state index is -4.79. The third kappa shape index (κ3) is 4.91. The van der Waals surface area contributed by atoms with E-state index in [-0.39, 0.29) is 35.1 Å². The molecule has 3 heterocycles. The van der Waals surface area contributed by atoms with Gasteiger partial charge in [-0.2, -0.15) is 0 Å². The number of H-pyrrole nitrogens is 1. The molecule has 1 amide bonds. The quantitative estimate of drug-likeness (QED) is 0.375. The number of ether oxygens (including phenoxy) is 2. The highest BCUT2D eigenvalue weighted by Gasteiger charge is 2.32. The van der Waals surface area contributed by atoms with Gasteiger partial charge in [-0.25, -0.2) is 9.37 Å². The average molecular weight is 506 g/mol. The smallest absolute Gasteiger partial charge is 0.406 e. The zero-order valence-electron chi connectivity index (χ0n) is 19.8. The van der Waals surface area contributed by atoms with Crippen LogP contribution in [0.4, 0.5) is 17.6 Å². The number of hydrogen-bond acceptors (Lipinski definition) is 4. The summed E-state index contributed by atoms with van der Waals surface area (Å²) in [5.74, 6) is -1.05. The van der Waals surface area contributed by atoms with Crippen LogP contribution in [0, 0.1) is 5.82 Å². The number of rotatable bonds is 4. The summed E-state index contributed by atoms with van der Waals surface area (Å²) in [5, 5.41) is 0.867. The maximum absolute atomic E-state index is 15.2. The SMILES string of the molecule is CO[C@H]1CCc2[nH]c3ncc(F)c(C4CCN(C(=O)c5ccc(OC(F)(F)F)cc5)CC4)c3c2CC1. The van der Waals surface area contributed by atoms with Crippen LogP contribution >= 0.6 is 0 Å². The number of pyridine rings is 1. The molecule has 192 valence electrons. The molecule has 36 heavy (non-hydrogen) atoms. The highest BCUT2D eigenvalue weighted by molar-refractivity contribution is 5.94. The number of carbonyl (C=O) groups excluding carboxylic acids is 1. The van der Waals surface area contributed by atoms with Crippen LogP contribution in [0.1, 0.15) is 58.8 Å². The summed E-state index contributed by atoms with van der Waals surface area (Å²) >= 11 is 0. The topological polar surface area (TPSA) is 67.5 Å². The number of aromatic amines is 1. The molecule has 3 aromatic rings. The minimum Gasteiger partial charge on any atom is -0.406 e. The van der Waals surface area contributed by atoms with E-state index in [0.29, 0.717) is 37.1 Å². The maximum Gasteiger partial charge on any atom is 0.573 e. The fraction of sp³-hybridized carbons (Fsp3) is 0.462. The molecule has 0 radical (unpaired) electrons. The number of hydrogen-bond donors (Lipinski definition) is 1. The van der Waals surface area contributed by atoms with Crippen molar-refractivity contribution < 1.29 is 31.8 Å². The minimum absolute atomic E-state index is 0.0662. The van der Waals surface area contributed by atoms with Gasteiger partial charge in [-0.15, -0.1) is 13.2 Å². The zero-order chi connectivity index (χ0) is 25.4. The second-order valence-corrected chi connectivity index (χ2v) is 9.40. The maximum atomic E-state index is 15.2. The summed E-state index contributed by atoms with van der Waals surface area (Å²) in [6, 6.07) is 4.90. The second kappa shape index (κ2) is 9.72. The van der Waals surface area contributed by atoms with E-state index in [0.717, 1.165) is 54.5 Å². The van der Waals surface area contributed by atoms with Crippen molar-refractivity contribution in [3.05, 3.63) is 58.7 Å². The molecule has 1 aliphatic heterocycles. The first-order chi connectivity index (χ1) is 17.2. The van der Waals surface area contributed by atoms with Crippen molar-refractivity contribution in [2.45, 2.75) is 56.9 Å². The van der Waals surface area contributed by atoms with Crippen LogP contribution in [0.15, 0.2) is 30.5 Å². The summed E-state index contributed by atoms with van der Waals surface area (Å²) in [6.07, 6.45) is 1.20. The van der Waals surface area contributed by atoms with Gasteiger partial charge in [0.1, 0.15) is 17.2 Å². The van der Waals surface area contributed by atoms with Gasteiger partial charge in [0.15, 0.2) is 0 Å². The van der Waals surface area contributed by atoms with Gasteiger partial charge in [0, 0.05) is 42.4 Å². The van der Waals surface area contributed by atoms with Gasteiger partial charge in [0.2, 0.25) is 0 Å². The molecule has 1 aromatic carbocycles. The Hall–Kier alpha value is -3.14. The van der Waals surface area contributed by atoms with Crippen molar-refractivity contribution in [2.75, 3.05) is 20.2 Å². The van der Waals surface area contributed by atoms with Crippen molar-refractivity contribution in [1.82, 2.24) is 14.9 Å². The standard InChI is InChI=1S/C26H27F4N3O3/c1-35-17-6-8-19-21(9-7-17)32-24-23(19)22(20(27)14-31-24)15-10-12-33(13-11-15)25(34)16-2-4-18(5-3-16)36-26(28,29)30/h2-5,14-15,17H,6-13H2,1H3,(H,31,32)/t17-/m1/s1. The number of nitrogens with zero attached hydrogens (tertiary/aromatic N) is 2. The summed E-state index contributed by atoms with van der Waals surface area (Å²) in [4.78, 5) is 22.3. The molecule has 10 heteroatoms. The molecule has 6 nitrogen and oxygen atoms in total. The van der Waals surface area contributed by atoms with Crippen molar-refractivity contribution in [3.8, 4) is 5.75 Å². The summed E-state index contributed by atoms with van der Waals surface area (Å²) in [7, 11) is 1.72. The molecule has 5 rings (SSSR count). The number of methoxy groups -OCH3 is 1. The van der Waals surface area contributed by atoms with E-state index in [1.165, 1.54) is 18.3 Å². The van der Waals surface area contributed by atoms with Gasteiger partial charge in [-0.3, -0.25) is 4.79 Å². The highest BCUT2D eigenvalue weighted by atomic mass is 19.4. The van der Waals surface area contributed by atoms with Crippen LogP contribution in [0.25, 0.3) is 11.0 Å². The molecule has 1 fully saturated rings. The highest BCUT2D eigenvalue weighted by Crippen LogP contribution is 2.39. The van der Waals surface area contributed by atoms with E-state index in [9.17, 15) is 18.0 Å². The van der Waals surface area contributed by atoms with E-state index < -0.39 is 6.36 Å². The van der Waals surface area contributed by atoms with Gasteiger partial charge in [-0.05, 0) is 74.3 Å². The number of amides is 1. The molecule has 0 saturated carbocycles. The van der Waals surface area contributed by atoms with Crippen LogP contribution in [-0.4, -0.2) is 53.4 Å². The lowest BCUT2D eigenvalue weighted by atomic mass is 9.86. The molecule has 1 atom stereocenters. The fourth-order valence-electron chi connectivity index (χ4n) is 5.50. The third-order valence-electron chi connectivity index (χ3n) is 7.30. The monoisotopic (exact) mass is 505 g/mol. The number of fused-ring (bicyclic) bond motifs is 3. The normalized spacial score (nSPS) is 19.2. The summed E-state index contributed by atoms with van der Waals surface area (Å²) in [6.45, 7) is 0.845. The Morgan fingerprint density at radius 1 is 1.08 bits per heavy atom. The lowest BCUT2D eigenvalue weighted by Crippen LogP contribution is -2.38. The lowest BCUT2D eigenvalue weighted by molar-refractivity contribution is -0.274. The Morgan fingerprint density at radius 3 is 2.44 bits per heavy atom. The van der Waals surface area contributed by atoms with E-state index in [2.05, 4.69) is 14.7 Å². The van der Waals surface area contributed by atoms with Gasteiger partial charge in [0.05, 0.1) is 12.3 Å². The molecule has 0 bridgehead atoms. The summed E-state index contributed by atoms with van der Waals surface area (Å²) < 4.78 is 61.8. The first kappa shape index (κ1) is 24.5. The number of aromatic nitrogens is 2. The predicted molar refractivity (Wildman–Crippen MR) is 124 cm³/mol. The largest absolute Gasteiger partial charge is 0.573 e. The lowest BCUT2D eigenvalue weighted by Gasteiger charge is -2.33. The molecule has 1 aliphatic carbocycles. The number of aryl methyl sites for hydroxylation is 2. The van der Waals surface area contributed by atoms with E-state index in [4.69, 9.17) is 4.74 Å². The van der Waals surface area contributed by atoms with Crippen molar-refractivity contribution in [2.24, 2.45) is 0 Å². The number of likely N-dealkylation sites (tertiary alicyclic amines) is 1. The number of carbonyl (C=O) groups is 1. The van der Waals surface area contributed by atoms with Crippen LogP contribution in [0.2, 0.25) is 0 Å². The van der Waals surface area contributed by atoms with Gasteiger partial charge < -0.3 is 19.4 Å². The van der Waals surface area contributed by atoms with Crippen LogP contribution < -0.4 is 4.74 Å². The first-order valence-corrected chi connectivity index (χ1v) is 12.1. The van der Waals surface area contributed by atoms with Gasteiger partial charge in [0.25, 0.3) is 5.91 Å². The molecule has 1 N–H and O–H groups in total. The van der Waals surface area contributed by atoms with E-state index in [1.807, 2.05) is 0 Å². The number of halogens is 4. The molecule has 0 spiro atoms. The Labute approximate surface area is 205 Å². The summed E-state index contributed by atoms with van der Waals surface area (Å²) in [5.41, 5.74) is 3.85. The van der Waals surface area contributed by atoms with Crippen molar-refractivity contribution in [3.63, 3.8) is 0 Å². The number of nitrogens with one attached hydrogen (secondary N) is 1. The molecular formula is C26H27F4N3O3. The Bertz CT molecular complexity index is 1250. The molecule has 1 saturated heterocycles. The molecule has 2 aliphatic rings. The first-order valence-electron chi connectivity index (χ1n) is 12.1. The fourth-order valence-corrected chi connectivity index (χ4v) is 5.50. The number of benzene rings is 1. The Morgan fingerprint density at radius 2 is 1.78 bits per heavy atom. The van der Waals surface area contributed by atoms with Crippen LogP contribution in [0.3, 0.4) is 0 Å². The van der Waals surface area contributed by atoms with Gasteiger partial charge in [-0.1, -0.05) is 0 Å². The number of piperidine rings is 1. The molecule has 0 unspecified atom stereocenters. The van der Waals surface area contributed by atoms with Crippen LogP contribution in [0.5, 0.6) is 5.75 Å². The average Bonchev–Trinajstić information content (AvgIpc) is 3.08. The second-order valence-electron chi connectivity index (χ2n) is 9.40.